The standard InChI is InChI=1S/C46H43Cl2N5O6/c1-26-27(2)49-15-14-36(26)31-7-4-29(5-8-31)19-39(46(55)56)52-45(54)40-20-33-21-41-42(22-34(33)23-53(40)28(3)44-50-16-17-51-44)59-43(25-58-41)32-9-11-35(12-10-32)57-24-30-6-13-37(47)38(48)18-30/h4-18,21-22,28,39-40,43H,19-20,23-25H2,1-3H3,(H,50,51)(H,52,54)(H,55,56)/t28?,39?,40-,43+/m0/s1. The number of carboxylic acid groups (broad SMARTS) is 1. The summed E-state index contributed by atoms with van der Waals surface area (Å²) in [7, 11) is 0. The number of fused-ring (bicyclic) bond motifs is 2. The minimum Gasteiger partial charge on any atom is -0.489 e. The molecule has 4 heterocycles. The predicted molar refractivity (Wildman–Crippen MR) is 225 cm³/mol. The molecule has 0 saturated heterocycles. The lowest BCUT2D eigenvalue weighted by molar-refractivity contribution is -0.143. The Morgan fingerprint density at radius 2 is 1.69 bits per heavy atom. The molecule has 4 atom stereocenters. The van der Waals surface area contributed by atoms with Crippen molar-refractivity contribution in [3.05, 3.63) is 158 Å². The van der Waals surface area contributed by atoms with Crippen molar-refractivity contribution in [1.82, 2.24) is 25.2 Å². The van der Waals surface area contributed by atoms with E-state index in [1.165, 1.54) is 0 Å². The SMILES string of the molecule is Cc1nccc(-c2ccc(CC(NC(=O)[C@@H]3Cc4cc5c(cc4CN3C(C)c3ncc[nH]3)O[C@@H](c3ccc(OCc4ccc(Cl)c(Cl)c4)cc3)CO5)C(=O)O)cc2)c1C. The molecule has 2 unspecified atom stereocenters. The smallest absolute Gasteiger partial charge is 0.326 e. The van der Waals surface area contributed by atoms with Crippen molar-refractivity contribution in [2.75, 3.05) is 6.61 Å². The number of imidazole rings is 1. The molecule has 8 rings (SSSR count). The van der Waals surface area contributed by atoms with Crippen LogP contribution in [-0.2, 0) is 35.6 Å². The van der Waals surface area contributed by atoms with Crippen LogP contribution in [0.1, 0.15) is 64.0 Å². The lowest BCUT2D eigenvalue weighted by Gasteiger charge is -2.40. The maximum atomic E-state index is 14.2. The fraction of sp³-hybridized carbons (Fsp3) is 0.261. The van der Waals surface area contributed by atoms with Gasteiger partial charge in [0.25, 0.3) is 0 Å². The van der Waals surface area contributed by atoms with Crippen LogP contribution in [-0.4, -0.2) is 55.5 Å². The minimum atomic E-state index is -1.14. The first-order chi connectivity index (χ1) is 28.5. The number of carbonyl (C=O) groups excluding carboxylic acids is 1. The number of carbonyl (C=O) groups is 2. The molecule has 4 aromatic carbocycles. The van der Waals surface area contributed by atoms with Crippen molar-refractivity contribution >= 4 is 35.1 Å². The van der Waals surface area contributed by atoms with Crippen molar-refractivity contribution in [2.45, 2.75) is 71.0 Å². The highest BCUT2D eigenvalue weighted by Crippen LogP contribution is 2.42. The van der Waals surface area contributed by atoms with Crippen molar-refractivity contribution in [2.24, 2.45) is 0 Å². The summed E-state index contributed by atoms with van der Waals surface area (Å²) in [5.41, 5.74) is 8.69. The van der Waals surface area contributed by atoms with E-state index in [4.69, 9.17) is 37.4 Å². The van der Waals surface area contributed by atoms with Gasteiger partial charge in [-0.2, -0.15) is 0 Å². The summed E-state index contributed by atoms with van der Waals surface area (Å²) in [6.45, 7) is 7.03. The Balaban J connectivity index is 0.969. The highest BCUT2D eigenvalue weighted by Gasteiger charge is 2.38. The van der Waals surface area contributed by atoms with Crippen LogP contribution >= 0.6 is 23.2 Å². The van der Waals surface area contributed by atoms with Gasteiger partial charge in [-0.3, -0.25) is 14.7 Å². The molecule has 6 aromatic rings. The fourth-order valence-corrected chi connectivity index (χ4v) is 8.02. The summed E-state index contributed by atoms with van der Waals surface area (Å²) in [6, 6.07) is 24.7. The molecule has 3 N–H and O–H groups in total. The molecule has 0 fully saturated rings. The zero-order valence-electron chi connectivity index (χ0n) is 32.7. The van der Waals surface area contributed by atoms with Crippen LogP contribution in [0.15, 0.2) is 104 Å². The monoisotopic (exact) mass is 831 g/mol. The number of hydrogen-bond acceptors (Lipinski definition) is 8. The van der Waals surface area contributed by atoms with E-state index in [0.717, 1.165) is 50.2 Å². The van der Waals surface area contributed by atoms with E-state index >= 15 is 0 Å². The maximum Gasteiger partial charge on any atom is 0.326 e. The number of aryl methyl sites for hydroxylation is 1. The van der Waals surface area contributed by atoms with Crippen molar-refractivity contribution in [1.29, 1.82) is 0 Å². The van der Waals surface area contributed by atoms with Gasteiger partial charge in [-0.15, -0.1) is 0 Å². The van der Waals surface area contributed by atoms with Crippen LogP contribution in [0, 0.1) is 13.8 Å². The van der Waals surface area contributed by atoms with Crippen LogP contribution in [0.4, 0.5) is 0 Å². The quantitative estimate of drug-likeness (QED) is 0.110. The minimum absolute atomic E-state index is 0.126. The molecular formula is C46H43Cl2N5O6. The number of aromatic nitrogens is 3. The Bertz CT molecular complexity index is 2480. The van der Waals surface area contributed by atoms with Crippen LogP contribution in [0.25, 0.3) is 11.1 Å². The third-order valence-corrected chi connectivity index (χ3v) is 12.0. The van der Waals surface area contributed by atoms with Gasteiger partial charge in [0.15, 0.2) is 17.6 Å². The van der Waals surface area contributed by atoms with Crippen molar-refractivity contribution in [3.8, 4) is 28.4 Å². The third-order valence-electron chi connectivity index (χ3n) is 11.2. The Hall–Kier alpha value is -5.88. The van der Waals surface area contributed by atoms with Crippen LogP contribution in [0.2, 0.25) is 10.0 Å². The summed E-state index contributed by atoms with van der Waals surface area (Å²) in [5.74, 6) is 1.12. The van der Waals surface area contributed by atoms with Crippen LogP contribution in [0.3, 0.4) is 0 Å². The first-order valence-electron chi connectivity index (χ1n) is 19.4. The van der Waals surface area contributed by atoms with Gasteiger partial charge in [0.1, 0.15) is 30.8 Å². The molecule has 0 spiro atoms. The van der Waals surface area contributed by atoms with Crippen molar-refractivity contribution in [3.63, 3.8) is 0 Å². The normalized spacial score (nSPS) is 17.1. The second-order valence-corrected chi connectivity index (χ2v) is 15.8. The number of nitrogens with zero attached hydrogens (tertiary/aromatic N) is 3. The highest BCUT2D eigenvalue weighted by atomic mass is 35.5. The lowest BCUT2D eigenvalue weighted by Crippen LogP contribution is -2.55. The Labute approximate surface area is 352 Å². The number of carboxylic acids is 1. The summed E-state index contributed by atoms with van der Waals surface area (Å²) < 4.78 is 18.8. The molecule has 1 amide bonds. The van der Waals surface area contributed by atoms with E-state index in [2.05, 4.69) is 20.3 Å². The molecule has 2 aliphatic heterocycles. The average Bonchev–Trinajstić information content (AvgIpc) is 3.79. The number of aromatic amines is 1. The largest absolute Gasteiger partial charge is 0.489 e. The average molecular weight is 833 g/mol. The number of H-pyrrole nitrogens is 1. The molecular weight excluding hydrogens is 789 g/mol. The van der Waals surface area contributed by atoms with Gasteiger partial charge in [0.2, 0.25) is 5.91 Å². The summed E-state index contributed by atoms with van der Waals surface area (Å²) in [6.07, 6.45) is 5.32. The second kappa shape index (κ2) is 17.1. The highest BCUT2D eigenvalue weighted by molar-refractivity contribution is 6.42. The number of aliphatic carboxylic acids is 1. The number of halogens is 2. The van der Waals surface area contributed by atoms with E-state index in [1.54, 1.807) is 30.7 Å². The van der Waals surface area contributed by atoms with Crippen LogP contribution < -0.4 is 19.5 Å². The first-order valence-corrected chi connectivity index (χ1v) is 20.2. The number of ether oxygens (including phenoxy) is 3. The number of rotatable bonds is 12. The Morgan fingerprint density at radius 3 is 2.42 bits per heavy atom. The molecule has 2 aromatic heterocycles. The van der Waals surface area contributed by atoms with Gasteiger partial charge < -0.3 is 29.6 Å². The Kier molecular flexibility index (Phi) is 11.6. The molecule has 0 bridgehead atoms. The van der Waals surface area contributed by atoms with E-state index in [1.807, 2.05) is 98.5 Å². The summed E-state index contributed by atoms with van der Waals surface area (Å²) in [5, 5.41) is 14.2. The van der Waals surface area contributed by atoms with Crippen molar-refractivity contribution < 1.29 is 28.9 Å². The first kappa shape index (κ1) is 39.9. The molecule has 11 nitrogen and oxygen atoms in total. The second-order valence-electron chi connectivity index (χ2n) is 15.0. The van der Waals surface area contributed by atoms with Gasteiger partial charge in [0, 0.05) is 37.3 Å². The topological polar surface area (TPSA) is 139 Å². The van der Waals surface area contributed by atoms with E-state index in [0.29, 0.717) is 59.3 Å². The number of benzene rings is 4. The van der Waals surface area contributed by atoms with Gasteiger partial charge in [0.05, 0.1) is 22.1 Å². The zero-order chi connectivity index (χ0) is 41.2. The zero-order valence-corrected chi connectivity index (χ0v) is 34.3. The molecule has 302 valence electrons. The molecule has 2 aliphatic rings. The summed E-state index contributed by atoms with van der Waals surface area (Å²) in [4.78, 5) is 40.9. The molecule has 0 aliphatic carbocycles. The molecule has 0 saturated carbocycles. The van der Waals surface area contributed by atoms with Gasteiger partial charge in [-0.05, 0) is 114 Å². The third kappa shape index (κ3) is 8.78. The number of hydrogen-bond donors (Lipinski definition) is 3. The number of nitrogens with one attached hydrogen (secondary N) is 2. The number of amides is 1. The fourth-order valence-electron chi connectivity index (χ4n) is 7.70. The molecule has 59 heavy (non-hydrogen) atoms. The predicted octanol–water partition coefficient (Wildman–Crippen LogP) is 8.79. The van der Waals surface area contributed by atoms with Gasteiger partial charge in [-0.25, -0.2) is 9.78 Å². The summed E-state index contributed by atoms with van der Waals surface area (Å²) >= 11 is 12.2. The van der Waals surface area contributed by atoms with E-state index in [-0.39, 0.29) is 24.5 Å². The molecule has 0 radical (unpaired) electrons. The van der Waals surface area contributed by atoms with Gasteiger partial charge in [-0.1, -0.05) is 65.7 Å². The van der Waals surface area contributed by atoms with E-state index in [9.17, 15) is 14.7 Å². The lowest BCUT2D eigenvalue weighted by atomic mass is 9.91. The molecule has 13 heteroatoms. The van der Waals surface area contributed by atoms with Crippen LogP contribution in [0.5, 0.6) is 17.2 Å². The number of pyridine rings is 1. The maximum absolute atomic E-state index is 14.2. The van der Waals surface area contributed by atoms with Gasteiger partial charge >= 0.3 is 5.97 Å². The Morgan fingerprint density at radius 1 is 0.932 bits per heavy atom. The van der Waals surface area contributed by atoms with E-state index < -0.39 is 18.1 Å².